The molecule has 0 aliphatic carbocycles. The van der Waals surface area contributed by atoms with Gasteiger partial charge in [0.05, 0.1) is 6.61 Å². The van der Waals surface area contributed by atoms with E-state index in [4.69, 9.17) is 9.84 Å². The third kappa shape index (κ3) is 2.22. The van der Waals surface area contributed by atoms with Crippen molar-refractivity contribution in [2.24, 2.45) is 7.05 Å². The monoisotopic (exact) mass is 245 g/mol. The van der Waals surface area contributed by atoms with Crippen LogP contribution in [0.4, 0.5) is 0 Å². The van der Waals surface area contributed by atoms with Gasteiger partial charge in [0.15, 0.2) is 0 Å². The normalized spacial score (nSPS) is 10.3. The Kier molecular flexibility index (Phi) is 3.37. The van der Waals surface area contributed by atoms with E-state index in [9.17, 15) is 4.79 Å². The van der Waals surface area contributed by atoms with Crippen molar-refractivity contribution in [1.82, 2.24) is 4.57 Å². The molecule has 1 heterocycles. The zero-order chi connectivity index (χ0) is 13.1. The first kappa shape index (κ1) is 12.2. The molecule has 0 unspecified atom stereocenters. The fourth-order valence-electron chi connectivity index (χ4n) is 1.90. The van der Waals surface area contributed by atoms with Gasteiger partial charge in [-0.15, -0.1) is 0 Å². The zero-order valence-electron chi connectivity index (χ0n) is 10.4. The van der Waals surface area contributed by atoms with E-state index < -0.39 is 5.97 Å². The van der Waals surface area contributed by atoms with E-state index >= 15 is 0 Å². The molecule has 1 N–H and O–H groups in total. The van der Waals surface area contributed by atoms with E-state index in [0.717, 1.165) is 17.0 Å². The van der Waals surface area contributed by atoms with Gasteiger partial charge in [0.2, 0.25) is 0 Å². The van der Waals surface area contributed by atoms with E-state index in [2.05, 4.69) is 0 Å². The quantitative estimate of drug-likeness (QED) is 0.901. The summed E-state index contributed by atoms with van der Waals surface area (Å²) in [5.41, 5.74) is 2.11. The molecular weight excluding hydrogens is 230 g/mol. The SMILES string of the molecule is CCOc1ccc(-c2ccc(C(=O)O)n2C)cc1. The van der Waals surface area contributed by atoms with Gasteiger partial charge in [-0.2, -0.15) is 0 Å². The first-order valence-corrected chi connectivity index (χ1v) is 5.75. The van der Waals surface area contributed by atoms with Crippen LogP contribution in [0.1, 0.15) is 17.4 Å². The minimum atomic E-state index is -0.922. The summed E-state index contributed by atoms with van der Waals surface area (Å²) >= 11 is 0. The molecule has 1 aromatic carbocycles. The second-order valence-corrected chi connectivity index (χ2v) is 3.93. The Hall–Kier alpha value is -2.23. The molecule has 0 bridgehead atoms. The van der Waals surface area contributed by atoms with Crippen molar-refractivity contribution in [1.29, 1.82) is 0 Å². The minimum absolute atomic E-state index is 0.277. The summed E-state index contributed by atoms with van der Waals surface area (Å²) in [6, 6.07) is 11.0. The fourth-order valence-corrected chi connectivity index (χ4v) is 1.90. The van der Waals surface area contributed by atoms with Crippen LogP contribution in [0.2, 0.25) is 0 Å². The van der Waals surface area contributed by atoms with Crippen LogP contribution in [-0.4, -0.2) is 22.2 Å². The van der Waals surface area contributed by atoms with Crippen LogP contribution >= 0.6 is 0 Å². The molecule has 0 aliphatic heterocycles. The lowest BCUT2D eigenvalue weighted by Gasteiger charge is -2.07. The van der Waals surface area contributed by atoms with Crippen molar-refractivity contribution in [2.45, 2.75) is 6.92 Å². The van der Waals surface area contributed by atoms with Crippen LogP contribution in [0.3, 0.4) is 0 Å². The molecular formula is C14H15NO3. The van der Waals surface area contributed by atoms with Crippen molar-refractivity contribution in [3.63, 3.8) is 0 Å². The number of carboxylic acids is 1. The van der Waals surface area contributed by atoms with Gasteiger partial charge in [0.1, 0.15) is 11.4 Å². The summed E-state index contributed by atoms with van der Waals surface area (Å²) in [5.74, 6) is -0.108. The lowest BCUT2D eigenvalue weighted by molar-refractivity contribution is 0.0687. The summed E-state index contributed by atoms with van der Waals surface area (Å²) in [4.78, 5) is 11.0. The maximum Gasteiger partial charge on any atom is 0.352 e. The maximum atomic E-state index is 11.0. The molecule has 1 aromatic heterocycles. The Labute approximate surface area is 105 Å². The third-order valence-corrected chi connectivity index (χ3v) is 2.80. The molecule has 94 valence electrons. The van der Waals surface area contributed by atoms with Crippen molar-refractivity contribution in [3.05, 3.63) is 42.1 Å². The predicted octanol–water partition coefficient (Wildman–Crippen LogP) is 2.79. The third-order valence-electron chi connectivity index (χ3n) is 2.80. The van der Waals surface area contributed by atoms with Crippen LogP contribution in [0.15, 0.2) is 36.4 Å². The largest absolute Gasteiger partial charge is 0.494 e. The number of carbonyl (C=O) groups is 1. The van der Waals surface area contributed by atoms with E-state index in [1.54, 1.807) is 23.7 Å². The van der Waals surface area contributed by atoms with E-state index in [0.29, 0.717) is 6.61 Å². The number of aromatic nitrogens is 1. The summed E-state index contributed by atoms with van der Waals surface area (Å²) in [5, 5.41) is 9.00. The zero-order valence-corrected chi connectivity index (χ0v) is 10.4. The van der Waals surface area contributed by atoms with Crippen LogP contribution in [0, 0.1) is 0 Å². The molecule has 18 heavy (non-hydrogen) atoms. The Balaban J connectivity index is 2.34. The minimum Gasteiger partial charge on any atom is -0.494 e. The van der Waals surface area contributed by atoms with Gasteiger partial charge in [-0.05, 0) is 48.9 Å². The Morgan fingerprint density at radius 3 is 2.39 bits per heavy atom. The van der Waals surface area contributed by atoms with Gasteiger partial charge in [-0.3, -0.25) is 0 Å². The summed E-state index contributed by atoms with van der Waals surface area (Å²) in [6.45, 7) is 2.57. The van der Waals surface area contributed by atoms with E-state index in [-0.39, 0.29) is 5.69 Å². The van der Waals surface area contributed by atoms with Gasteiger partial charge in [-0.1, -0.05) is 0 Å². The molecule has 4 heteroatoms. The Bertz CT molecular complexity index is 555. The lowest BCUT2D eigenvalue weighted by Crippen LogP contribution is -2.05. The molecule has 0 spiro atoms. The van der Waals surface area contributed by atoms with Gasteiger partial charge in [0, 0.05) is 12.7 Å². The number of nitrogens with zero attached hydrogens (tertiary/aromatic N) is 1. The smallest absolute Gasteiger partial charge is 0.352 e. The Morgan fingerprint density at radius 1 is 1.22 bits per heavy atom. The molecule has 0 atom stereocenters. The standard InChI is InChI=1S/C14H15NO3/c1-3-18-11-6-4-10(5-7-11)12-8-9-13(14(16)17)15(12)2/h4-9H,3H2,1-2H3,(H,16,17). The second-order valence-electron chi connectivity index (χ2n) is 3.93. The summed E-state index contributed by atoms with van der Waals surface area (Å²) in [7, 11) is 1.75. The van der Waals surface area contributed by atoms with Gasteiger partial charge >= 0.3 is 5.97 Å². The van der Waals surface area contributed by atoms with Crippen molar-refractivity contribution in [2.75, 3.05) is 6.61 Å². The molecule has 0 saturated heterocycles. The van der Waals surface area contributed by atoms with E-state index in [1.807, 2.05) is 31.2 Å². The van der Waals surface area contributed by atoms with Crippen molar-refractivity contribution in [3.8, 4) is 17.0 Å². The van der Waals surface area contributed by atoms with Gasteiger partial charge in [0.25, 0.3) is 0 Å². The topological polar surface area (TPSA) is 51.5 Å². The number of carboxylic acid groups (broad SMARTS) is 1. The first-order chi connectivity index (χ1) is 8.63. The highest BCUT2D eigenvalue weighted by Gasteiger charge is 2.11. The molecule has 2 aromatic rings. The second kappa shape index (κ2) is 4.96. The summed E-state index contributed by atoms with van der Waals surface area (Å²) < 4.78 is 7.03. The van der Waals surface area contributed by atoms with Crippen molar-refractivity contribution < 1.29 is 14.6 Å². The molecule has 0 aliphatic rings. The number of hydrogen-bond donors (Lipinski definition) is 1. The highest BCUT2D eigenvalue weighted by molar-refractivity contribution is 5.87. The number of rotatable bonds is 4. The Morgan fingerprint density at radius 2 is 1.89 bits per heavy atom. The highest BCUT2D eigenvalue weighted by Crippen LogP contribution is 2.24. The predicted molar refractivity (Wildman–Crippen MR) is 69.0 cm³/mol. The van der Waals surface area contributed by atoms with Crippen LogP contribution < -0.4 is 4.74 Å². The number of hydrogen-bond acceptors (Lipinski definition) is 2. The lowest BCUT2D eigenvalue weighted by atomic mass is 10.1. The van der Waals surface area contributed by atoms with Gasteiger partial charge < -0.3 is 14.4 Å². The number of benzene rings is 1. The van der Waals surface area contributed by atoms with Gasteiger partial charge in [-0.25, -0.2) is 4.79 Å². The fraction of sp³-hybridized carbons (Fsp3) is 0.214. The van der Waals surface area contributed by atoms with Crippen LogP contribution in [-0.2, 0) is 7.05 Å². The highest BCUT2D eigenvalue weighted by atomic mass is 16.5. The number of ether oxygens (including phenoxy) is 1. The van der Waals surface area contributed by atoms with E-state index in [1.165, 1.54) is 0 Å². The average Bonchev–Trinajstić information content (AvgIpc) is 2.73. The molecule has 0 radical (unpaired) electrons. The first-order valence-electron chi connectivity index (χ1n) is 5.75. The maximum absolute atomic E-state index is 11.0. The van der Waals surface area contributed by atoms with Crippen molar-refractivity contribution >= 4 is 5.97 Å². The molecule has 0 fully saturated rings. The molecule has 0 amide bonds. The van der Waals surface area contributed by atoms with Crippen LogP contribution in [0.5, 0.6) is 5.75 Å². The summed E-state index contributed by atoms with van der Waals surface area (Å²) in [6.07, 6.45) is 0. The molecule has 4 nitrogen and oxygen atoms in total. The molecule has 0 saturated carbocycles. The number of aromatic carboxylic acids is 1. The van der Waals surface area contributed by atoms with Crippen LogP contribution in [0.25, 0.3) is 11.3 Å². The molecule has 2 rings (SSSR count). The average molecular weight is 245 g/mol.